The van der Waals surface area contributed by atoms with Crippen LogP contribution in [0.15, 0.2) is 30.9 Å². The molecule has 22 heavy (non-hydrogen) atoms. The number of sulfone groups is 1. The Morgan fingerprint density at radius 1 is 1.36 bits per heavy atom. The minimum Gasteiger partial charge on any atom is -0.373 e. The summed E-state index contributed by atoms with van der Waals surface area (Å²) in [5.41, 5.74) is -0.202. The van der Waals surface area contributed by atoms with E-state index in [2.05, 4.69) is 10.1 Å². The summed E-state index contributed by atoms with van der Waals surface area (Å²) >= 11 is 0. The highest BCUT2D eigenvalue weighted by atomic mass is 32.2. The third-order valence-electron chi connectivity index (χ3n) is 3.37. The monoisotopic (exact) mass is 331 g/mol. The number of benzene rings is 1. The van der Waals surface area contributed by atoms with Gasteiger partial charge >= 0.3 is 0 Å². The lowest BCUT2D eigenvalue weighted by molar-refractivity contribution is 0.0961. The molecule has 1 unspecified atom stereocenters. The fourth-order valence-electron chi connectivity index (χ4n) is 1.98. The van der Waals surface area contributed by atoms with Crippen LogP contribution in [0.25, 0.3) is 0 Å². The molecule has 0 aliphatic rings. The Morgan fingerprint density at radius 2 is 2.09 bits per heavy atom. The lowest BCUT2D eigenvalue weighted by Gasteiger charge is -2.26. The average molecular weight is 331 g/mol. The SMILES string of the molecule is CCC(O)(Cn1cncn1)S(=O)(=O)Cc1ccc(F)cc1F. The van der Waals surface area contributed by atoms with Crippen molar-refractivity contribution >= 4 is 9.84 Å². The molecule has 0 saturated carbocycles. The fraction of sp³-hybridized carbons (Fsp3) is 0.385. The van der Waals surface area contributed by atoms with Gasteiger partial charge in [0.2, 0.25) is 0 Å². The van der Waals surface area contributed by atoms with Crippen molar-refractivity contribution in [3.63, 3.8) is 0 Å². The van der Waals surface area contributed by atoms with Crippen molar-refractivity contribution in [1.29, 1.82) is 0 Å². The van der Waals surface area contributed by atoms with Gasteiger partial charge in [-0.15, -0.1) is 0 Å². The molecule has 0 aliphatic heterocycles. The molecule has 0 aliphatic carbocycles. The average Bonchev–Trinajstić information content (AvgIpc) is 2.94. The molecule has 1 aromatic carbocycles. The second-order valence-electron chi connectivity index (χ2n) is 4.89. The Bertz CT molecular complexity index is 750. The molecule has 1 heterocycles. The Labute approximate surface area is 126 Å². The molecular formula is C13H15F2N3O3S. The second-order valence-corrected chi connectivity index (χ2v) is 7.17. The lowest BCUT2D eigenvalue weighted by atomic mass is 10.2. The largest absolute Gasteiger partial charge is 0.373 e. The molecule has 120 valence electrons. The van der Waals surface area contributed by atoms with Crippen molar-refractivity contribution in [2.45, 2.75) is 30.6 Å². The summed E-state index contributed by atoms with van der Waals surface area (Å²) < 4.78 is 52.6. The van der Waals surface area contributed by atoms with E-state index in [4.69, 9.17) is 0 Å². The highest BCUT2D eigenvalue weighted by molar-refractivity contribution is 7.91. The van der Waals surface area contributed by atoms with Gasteiger partial charge in [0, 0.05) is 11.6 Å². The second kappa shape index (κ2) is 6.09. The van der Waals surface area contributed by atoms with Gasteiger partial charge in [-0.3, -0.25) is 0 Å². The number of aromatic nitrogens is 3. The van der Waals surface area contributed by atoms with Crippen LogP contribution in [-0.4, -0.2) is 33.2 Å². The molecule has 0 bridgehead atoms. The summed E-state index contributed by atoms with van der Waals surface area (Å²) in [6.45, 7) is 1.17. The minimum atomic E-state index is -4.13. The molecule has 6 nitrogen and oxygen atoms in total. The van der Waals surface area contributed by atoms with E-state index in [9.17, 15) is 22.3 Å². The summed E-state index contributed by atoms with van der Waals surface area (Å²) in [5, 5.41) is 14.2. The predicted octanol–water partition coefficient (Wildman–Crippen LogP) is 1.27. The van der Waals surface area contributed by atoms with E-state index in [0.29, 0.717) is 6.07 Å². The zero-order valence-corrected chi connectivity index (χ0v) is 12.6. The Hall–Kier alpha value is -1.87. The predicted molar refractivity (Wildman–Crippen MR) is 74.2 cm³/mol. The normalized spacial score (nSPS) is 14.7. The summed E-state index contributed by atoms with van der Waals surface area (Å²) in [6.07, 6.45) is 2.37. The van der Waals surface area contributed by atoms with E-state index in [1.165, 1.54) is 24.3 Å². The molecule has 9 heteroatoms. The van der Waals surface area contributed by atoms with Crippen LogP contribution in [0.5, 0.6) is 0 Å². The van der Waals surface area contributed by atoms with Crippen LogP contribution in [0, 0.1) is 11.6 Å². The molecule has 0 fully saturated rings. The molecular weight excluding hydrogens is 316 g/mol. The van der Waals surface area contributed by atoms with Gasteiger partial charge in [0.25, 0.3) is 0 Å². The third kappa shape index (κ3) is 3.30. The first kappa shape index (κ1) is 16.5. The van der Waals surface area contributed by atoms with Gasteiger partial charge < -0.3 is 5.11 Å². The summed E-state index contributed by atoms with van der Waals surface area (Å²) in [4.78, 5) is 1.55. The minimum absolute atomic E-state index is 0.113. The van der Waals surface area contributed by atoms with Gasteiger partial charge in [-0.2, -0.15) is 5.10 Å². The van der Waals surface area contributed by atoms with Crippen LogP contribution in [0.2, 0.25) is 0 Å². The van der Waals surface area contributed by atoms with Crippen LogP contribution >= 0.6 is 0 Å². The third-order valence-corrected chi connectivity index (χ3v) is 5.63. The van der Waals surface area contributed by atoms with Crippen LogP contribution in [-0.2, 0) is 22.1 Å². The molecule has 2 rings (SSSR count). The van der Waals surface area contributed by atoms with Crippen molar-refractivity contribution in [2.75, 3.05) is 0 Å². The van der Waals surface area contributed by atoms with Crippen LogP contribution in [0.3, 0.4) is 0 Å². The Kier molecular flexibility index (Phi) is 4.57. The summed E-state index contributed by atoms with van der Waals surface area (Å²) in [7, 11) is -4.13. The van der Waals surface area contributed by atoms with Gasteiger partial charge in [0.1, 0.15) is 24.3 Å². The smallest absolute Gasteiger partial charge is 0.185 e. The maximum absolute atomic E-state index is 13.6. The summed E-state index contributed by atoms with van der Waals surface area (Å²) in [5.74, 6) is -2.51. The van der Waals surface area contributed by atoms with Crippen molar-refractivity contribution in [3.05, 3.63) is 48.1 Å². The molecule has 0 saturated heterocycles. The van der Waals surface area contributed by atoms with Crippen molar-refractivity contribution < 1.29 is 22.3 Å². The number of nitrogens with zero attached hydrogens (tertiary/aromatic N) is 3. The van der Waals surface area contributed by atoms with Crippen molar-refractivity contribution in [2.24, 2.45) is 0 Å². The maximum atomic E-state index is 13.6. The molecule has 0 radical (unpaired) electrons. The molecule has 0 spiro atoms. The highest BCUT2D eigenvalue weighted by Crippen LogP contribution is 2.26. The van der Waals surface area contributed by atoms with E-state index in [1.54, 1.807) is 0 Å². The van der Waals surface area contributed by atoms with E-state index in [-0.39, 0.29) is 18.5 Å². The molecule has 1 atom stereocenters. The van der Waals surface area contributed by atoms with Crippen molar-refractivity contribution in [3.8, 4) is 0 Å². The van der Waals surface area contributed by atoms with E-state index < -0.39 is 32.2 Å². The number of rotatable bonds is 6. The molecule has 1 aromatic heterocycles. The van der Waals surface area contributed by atoms with E-state index >= 15 is 0 Å². The molecule has 1 N–H and O–H groups in total. The zero-order chi connectivity index (χ0) is 16.4. The highest BCUT2D eigenvalue weighted by Gasteiger charge is 2.41. The van der Waals surface area contributed by atoms with E-state index in [0.717, 1.165) is 12.1 Å². The lowest BCUT2D eigenvalue weighted by Crippen LogP contribution is -2.43. The zero-order valence-electron chi connectivity index (χ0n) is 11.8. The maximum Gasteiger partial charge on any atom is 0.185 e. The van der Waals surface area contributed by atoms with Crippen LogP contribution < -0.4 is 0 Å². The first-order valence-corrected chi connectivity index (χ1v) is 8.13. The fourth-order valence-corrected chi connectivity index (χ4v) is 3.66. The van der Waals surface area contributed by atoms with E-state index in [1.807, 2.05) is 0 Å². The standard InChI is InChI=1S/C13H15F2N3O3S/c1-2-13(19,7-18-9-16-8-17-18)22(20,21)6-10-3-4-11(14)5-12(10)15/h3-5,8-9,19H,2,6-7H2,1H3. The van der Waals surface area contributed by atoms with Gasteiger partial charge in [-0.05, 0) is 12.5 Å². The number of aliphatic hydroxyl groups is 1. The number of hydrogen-bond acceptors (Lipinski definition) is 5. The summed E-state index contributed by atoms with van der Waals surface area (Å²) in [6, 6.07) is 2.62. The van der Waals surface area contributed by atoms with Gasteiger partial charge in [-0.25, -0.2) is 26.9 Å². The topological polar surface area (TPSA) is 85.1 Å². The quantitative estimate of drug-likeness (QED) is 0.861. The first-order valence-electron chi connectivity index (χ1n) is 6.48. The van der Waals surface area contributed by atoms with Gasteiger partial charge in [-0.1, -0.05) is 13.0 Å². The van der Waals surface area contributed by atoms with Crippen LogP contribution in [0.1, 0.15) is 18.9 Å². The molecule has 0 amide bonds. The Morgan fingerprint density at radius 3 is 2.64 bits per heavy atom. The Balaban J connectivity index is 2.30. The number of hydrogen-bond donors (Lipinski definition) is 1. The first-order chi connectivity index (χ1) is 10.3. The number of halogens is 2. The van der Waals surface area contributed by atoms with Crippen LogP contribution in [0.4, 0.5) is 8.78 Å². The van der Waals surface area contributed by atoms with Crippen molar-refractivity contribution in [1.82, 2.24) is 14.8 Å². The molecule has 2 aromatic rings. The van der Waals surface area contributed by atoms with Gasteiger partial charge in [0.05, 0.1) is 12.3 Å². The van der Waals surface area contributed by atoms with Gasteiger partial charge in [0.15, 0.2) is 14.8 Å².